The fraction of sp³-hybridized carbons (Fsp3) is 0.0769. The number of hydrogen-bond acceptors (Lipinski definition) is 3. The molecule has 2 aromatic rings. The zero-order valence-corrected chi connectivity index (χ0v) is 12.7. The van der Waals surface area contributed by atoms with Gasteiger partial charge in [-0.15, -0.1) is 0 Å². The molecule has 4 nitrogen and oxygen atoms in total. The Hall–Kier alpha value is -1.44. The van der Waals surface area contributed by atoms with E-state index in [1.165, 1.54) is 30.3 Å². The van der Waals surface area contributed by atoms with Gasteiger partial charge in [0.25, 0.3) is 0 Å². The summed E-state index contributed by atoms with van der Waals surface area (Å²) in [6, 6.07) is 10.1. The van der Waals surface area contributed by atoms with Gasteiger partial charge >= 0.3 is 0 Å². The van der Waals surface area contributed by atoms with Crippen molar-refractivity contribution in [3.63, 3.8) is 0 Å². The van der Waals surface area contributed by atoms with E-state index in [2.05, 4.69) is 20.7 Å². The number of nitrogens with one attached hydrogen (secondary N) is 1. The van der Waals surface area contributed by atoms with E-state index in [4.69, 9.17) is 5.73 Å². The van der Waals surface area contributed by atoms with Gasteiger partial charge in [-0.3, -0.25) is 0 Å². The highest BCUT2D eigenvalue weighted by atomic mass is 79.9. The Morgan fingerprint density at radius 2 is 1.80 bits per heavy atom. The molecule has 0 saturated heterocycles. The molecule has 2 aromatic carbocycles. The average Bonchev–Trinajstić information content (AvgIpc) is 2.41. The quantitative estimate of drug-likeness (QED) is 0.825. The predicted molar refractivity (Wildman–Crippen MR) is 79.0 cm³/mol. The van der Waals surface area contributed by atoms with Crippen LogP contribution in [0.2, 0.25) is 0 Å². The smallest absolute Gasteiger partial charge is 0.242 e. The van der Waals surface area contributed by atoms with E-state index in [-0.39, 0.29) is 17.3 Å². The maximum Gasteiger partial charge on any atom is 0.242 e. The molecule has 0 saturated carbocycles. The van der Waals surface area contributed by atoms with E-state index in [0.717, 1.165) is 0 Å². The summed E-state index contributed by atoms with van der Waals surface area (Å²) in [6.07, 6.45) is 0. The molecule has 0 unspecified atom stereocenters. The number of rotatable bonds is 4. The van der Waals surface area contributed by atoms with Gasteiger partial charge in [0.15, 0.2) is 0 Å². The maximum absolute atomic E-state index is 12.8. The van der Waals surface area contributed by atoms with E-state index in [9.17, 15) is 12.8 Å². The van der Waals surface area contributed by atoms with Gasteiger partial charge in [0.05, 0.1) is 4.90 Å². The summed E-state index contributed by atoms with van der Waals surface area (Å²) in [5.41, 5.74) is 6.61. The summed E-state index contributed by atoms with van der Waals surface area (Å²) in [5, 5.41) is 0. The van der Waals surface area contributed by atoms with Crippen molar-refractivity contribution in [2.24, 2.45) is 0 Å². The molecule has 0 radical (unpaired) electrons. The highest BCUT2D eigenvalue weighted by Gasteiger charge is 2.17. The van der Waals surface area contributed by atoms with Gasteiger partial charge in [0.1, 0.15) is 5.82 Å². The van der Waals surface area contributed by atoms with Crippen LogP contribution in [0.15, 0.2) is 51.8 Å². The fourth-order valence-corrected chi connectivity index (χ4v) is 3.60. The Morgan fingerprint density at radius 3 is 2.45 bits per heavy atom. The average molecular weight is 359 g/mol. The van der Waals surface area contributed by atoms with E-state index in [1.807, 2.05) is 0 Å². The second-order valence-electron chi connectivity index (χ2n) is 4.14. The Kier molecular flexibility index (Phi) is 4.42. The van der Waals surface area contributed by atoms with Gasteiger partial charge in [-0.1, -0.05) is 12.1 Å². The van der Waals surface area contributed by atoms with Gasteiger partial charge in [-0.25, -0.2) is 17.5 Å². The normalized spacial score (nSPS) is 11.5. The first-order chi connectivity index (χ1) is 9.38. The third-order valence-corrected chi connectivity index (χ3v) is 5.02. The number of hydrogen-bond donors (Lipinski definition) is 2. The lowest BCUT2D eigenvalue weighted by atomic mass is 10.2. The predicted octanol–water partition coefficient (Wildman–Crippen LogP) is 2.65. The Labute approximate surface area is 125 Å². The van der Waals surface area contributed by atoms with Gasteiger partial charge in [-0.05, 0) is 51.8 Å². The Bertz CT molecular complexity index is 718. The second kappa shape index (κ2) is 5.90. The summed E-state index contributed by atoms with van der Waals surface area (Å²) in [5.74, 6) is -0.366. The number of sulfonamides is 1. The molecule has 0 aliphatic carbocycles. The highest BCUT2D eigenvalue weighted by Crippen LogP contribution is 2.24. The van der Waals surface area contributed by atoms with E-state index < -0.39 is 10.0 Å². The first-order valence-electron chi connectivity index (χ1n) is 5.67. The van der Waals surface area contributed by atoms with Crippen molar-refractivity contribution in [2.75, 3.05) is 5.73 Å². The minimum Gasteiger partial charge on any atom is -0.399 e. The van der Waals surface area contributed by atoms with Crippen molar-refractivity contribution in [1.29, 1.82) is 0 Å². The first-order valence-corrected chi connectivity index (χ1v) is 7.95. The van der Waals surface area contributed by atoms with Crippen LogP contribution in [0.5, 0.6) is 0 Å². The minimum absolute atomic E-state index is 0.0691. The molecule has 0 heterocycles. The van der Waals surface area contributed by atoms with Gasteiger partial charge in [0, 0.05) is 16.7 Å². The molecule has 0 amide bonds. The zero-order valence-electron chi connectivity index (χ0n) is 10.3. The van der Waals surface area contributed by atoms with E-state index >= 15 is 0 Å². The Balaban J connectivity index is 2.19. The highest BCUT2D eigenvalue weighted by molar-refractivity contribution is 9.10. The van der Waals surface area contributed by atoms with Crippen molar-refractivity contribution >= 4 is 31.6 Å². The van der Waals surface area contributed by atoms with Crippen LogP contribution in [0.1, 0.15) is 5.56 Å². The van der Waals surface area contributed by atoms with Gasteiger partial charge < -0.3 is 5.73 Å². The fourth-order valence-electron chi connectivity index (χ4n) is 1.58. The van der Waals surface area contributed by atoms with Gasteiger partial charge in [0.2, 0.25) is 10.0 Å². The van der Waals surface area contributed by atoms with Crippen molar-refractivity contribution in [2.45, 2.75) is 11.4 Å². The number of nitrogen functional groups attached to an aromatic ring is 1. The SMILES string of the molecule is Nc1ccc(Br)c(S(=O)(=O)NCc2ccc(F)cc2)c1. The monoisotopic (exact) mass is 358 g/mol. The lowest BCUT2D eigenvalue weighted by Gasteiger charge is -2.09. The minimum atomic E-state index is -3.69. The molecule has 106 valence electrons. The number of nitrogens with two attached hydrogens (primary N) is 1. The van der Waals surface area contributed by atoms with Gasteiger partial charge in [-0.2, -0.15) is 0 Å². The number of anilines is 1. The van der Waals surface area contributed by atoms with Crippen LogP contribution in [0, 0.1) is 5.82 Å². The molecule has 0 atom stereocenters. The molecule has 0 fully saturated rings. The molecule has 0 aliphatic heterocycles. The topological polar surface area (TPSA) is 72.2 Å². The van der Waals surface area contributed by atoms with Crippen LogP contribution in [0.4, 0.5) is 10.1 Å². The summed E-state index contributed by atoms with van der Waals surface area (Å²) < 4.78 is 40.0. The summed E-state index contributed by atoms with van der Waals surface area (Å²) >= 11 is 3.18. The zero-order chi connectivity index (χ0) is 14.8. The molecular formula is C13H12BrFN2O2S. The molecule has 0 spiro atoms. The maximum atomic E-state index is 12.8. The summed E-state index contributed by atoms with van der Waals surface area (Å²) in [4.78, 5) is 0.0691. The van der Waals surface area contributed by atoms with Crippen LogP contribution in [0.25, 0.3) is 0 Å². The molecule has 0 aromatic heterocycles. The van der Waals surface area contributed by atoms with Crippen molar-refractivity contribution in [3.8, 4) is 0 Å². The van der Waals surface area contributed by atoms with Crippen molar-refractivity contribution in [3.05, 3.63) is 58.3 Å². The molecular weight excluding hydrogens is 347 g/mol. The van der Waals surface area contributed by atoms with Crippen LogP contribution < -0.4 is 10.5 Å². The molecule has 7 heteroatoms. The van der Waals surface area contributed by atoms with Crippen LogP contribution in [-0.4, -0.2) is 8.42 Å². The standard InChI is InChI=1S/C13H12BrFN2O2S/c14-12-6-5-11(16)7-13(12)20(18,19)17-8-9-1-3-10(15)4-2-9/h1-7,17H,8,16H2. The lowest BCUT2D eigenvalue weighted by Crippen LogP contribution is -2.23. The van der Waals surface area contributed by atoms with Crippen molar-refractivity contribution in [1.82, 2.24) is 4.72 Å². The van der Waals surface area contributed by atoms with E-state index in [0.29, 0.717) is 15.7 Å². The number of benzene rings is 2. The summed E-state index contributed by atoms with van der Waals surface area (Å²) in [6.45, 7) is 0.0733. The molecule has 0 aliphatic rings. The molecule has 3 N–H and O–H groups in total. The molecule has 20 heavy (non-hydrogen) atoms. The molecule has 0 bridgehead atoms. The van der Waals surface area contributed by atoms with Crippen LogP contribution in [0.3, 0.4) is 0 Å². The third kappa shape index (κ3) is 3.56. The van der Waals surface area contributed by atoms with E-state index in [1.54, 1.807) is 12.1 Å². The Morgan fingerprint density at radius 1 is 1.15 bits per heavy atom. The second-order valence-corrected chi connectivity index (χ2v) is 6.73. The third-order valence-electron chi connectivity index (χ3n) is 2.62. The summed E-state index contributed by atoms with van der Waals surface area (Å²) in [7, 11) is -3.69. The lowest BCUT2D eigenvalue weighted by molar-refractivity contribution is 0.580. The largest absolute Gasteiger partial charge is 0.399 e. The van der Waals surface area contributed by atoms with Crippen LogP contribution >= 0.6 is 15.9 Å². The van der Waals surface area contributed by atoms with Crippen molar-refractivity contribution < 1.29 is 12.8 Å². The van der Waals surface area contributed by atoms with Crippen LogP contribution in [-0.2, 0) is 16.6 Å². The number of halogens is 2. The first kappa shape index (κ1) is 15.0. The molecule has 2 rings (SSSR count).